The fourth-order valence-electron chi connectivity index (χ4n) is 2.64. The van der Waals surface area contributed by atoms with Gasteiger partial charge in [-0.25, -0.2) is 0 Å². The largest absolute Gasteiger partial charge is 0.417 e. The Morgan fingerprint density at radius 3 is 2.14 bits per heavy atom. The molecular formula is C18H11F3O. The number of carbonyl (C=O) groups excluding carboxylic acids is 1. The normalized spacial score (nSPS) is 11.6. The van der Waals surface area contributed by atoms with Gasteiger partial charge in [-0.3, -0.25) is 4.79 Å². The number of carbonyl (C=O) groups is 1. The van der Waals surface area contributed by atoms with Crippen molar-refractivity contribution in [3.05, 3.63) is 71.8 Å². The molecule has 0 atom stereocenters. The van der Waals surface area contributed by atoms with Crippen LogP contribution in [0.2, 0.25) is 0 Å². The van der Waals surface area contributed by atoms with Crippen molar-refractivity contribution in [2.24, 2.45) is 0 Å². The van der Waals surface area contributed by atoms with Crippen molar-refractivity contribution in [2.75, 3.05) is 0 Å². The van der Waals surface area contributed by atoms with Crippen molar-refractivity contribution in [2.45, 2.75) is 6.18 Å². The highest BCUT2D eigenvalue weighted by atomic mass is 19.4. The van der Waals surface area contributed by atoms with E-state index in [1.807, 2.05) is 0 Å². The third kappa shape index (κ3) is 2.37. The van der Waals surface area contributed by atoms with E-state index in [2.05, 4.69) is 0 Å². The van der Waals surface area contributed by atoms with Crippen molar-refractivity contribution >= 4 is 17.1 Å². The van der Waals surface area contributed by atoms with E-state index >= 15 is 0 Å². The number of hydrogen-bond donors (Lipinski definition) is 0. The summed E-state index contributed by atoms with van der Waals surface area (Å²) >= 11 is 0. The standard InChI is InChI=1S/C18H11F3O/c19-18(20,21)16-10-13-8-4-5-9-14(13)15(11-22)17(16)12-6-2-1-3-7-12/h1-11H. The number of aldehydes is 1. The molecule has 0 fully saturated rings. The Hall–Kier alpha value is -2.62. The number of hydrogen-bond acceptors (Lipinski definition) is 1. The van der Waals surface area contributed by atoms with Gasteiger partial charge in [0.2, 0.25) is 0 Å². The van der Waals surface area contributed by atoms with Crippen LogP contribution in [0.25, 0.3) is 21.9 Å². The average molecular weight is 300 g/mol. The summed E-state index contributed by atoms with van der Waals surface area (Å²) in [5.41, 5.74) is -0.416. The zero-order chi connectivity index (χ0) is 15.7. The summed E-state index contributed by atoms with van der Waals surface area (Å²) in [6, 6.07) is 15.9. The molecule has 0 saturated heterocycles. The fraction of sp³-hybridized carbons (Fsp3) is 0.0556. The Bertz CT molecular complexity index is 836. The summed E-state index contributed by atoms with van der Waals surface area (Å²) in [5.74, 6) is 0. The van der Waals surface area contributed by atoms with Crippen LogP contribution in [-0.2, 0) is 6.18 Å². The van der Waals surface area contributed by atoms with E-state index < -0.39 is 11.7 Å². The summed E-state index contributed by atoms with van der Waals surface area (Å²) in [6.07, 6.45) is -4.03. The smallest absolute Gasteiger partial charge is 0.298 e. The molecule has 0 spiro atoms. The van der Waals surface area contributed by atoms with Gasteiger partial charge in [0, 0.05) is 11.1 Å². The molecular weight excluding hydrogens is 289 g/mol. The number of halogens is 3. The van der Waals surface area contributed by atoms with Gasteiger partial charge in [-0.05, 0) is 22.4 Å². The molecule has 0 aliphatic carbocycles. The van der Waals surface area contributed by atoms with Crippen LogP contribution >= 0.6 is 0 Å². The van der Waals surface area contributed by atoms with Crippen LogP contribution in [0.3, 0.4) is 0 Å². The average Bonchev–Trinajstić information content (AvgIpc) is 2.53. The minimum Gasteiger partial charge on any atom is -0.298 e. The van der Waals surface area contributed by atoms with Gasteiger partial charge in [-0.15, -0.1) is 0 Å². The van der Waals surface area contributed by atoms with E-state index in [0.717, 1.165) is 6.07 Å². The van der Waals surface area contributed by atoms with Crippen LogP contribution in [0, 0.1) is 0 Å². The lowest BCUT2D eigenvalue weighted by molar-refractivity contribution is -0.137. The number of rotatable bonds is 2. The molecule has 0 radical (unpaired) electrons. The van der Waals surface area contributed by atoms with E-state index in [9.17, 15) is 18.0 Å². The highest BCUT2D eigenvalue weighted by Crippen LogP contribution is 2.41. The van der Waals surface area contributed by atoms with Gasteiger partial charge in [-0.2, -0.15) is 13.2 Å². The molecule has 1 nitrogen and oxygen atoms in total. The van der Waals surface area contributed by atoms with E-state index in [1.54, 1.807) is 54.6 Å². The van der Waals surface area contributed by atoms with Gasteiger partial charge in [0.25, 0.3) is 0 Å². The minimum atomic E-state index is -4.53. The maximum Gasteiger partial charge on any atom is 0.417 e. The highest BCUT2D eigenvalue weighted by Gasteiger charge is 2.35. The Balaban J connectivity index is 2.48. The predicted octanol–water partition coefficient (Wildman–Crippen LogP) is 5.34. The second-order valence-electron chi connectivity index (χ2n) is 4.92. The first-order valence-corrected chi connectivity index (χ1v) is 6.66. The maximum atomic E-state index is 13.5. The third-order valence-electron chi connectivity index (χ3n) is 3.58. The zero-order valence-electron chi connectivity index (χ0n) is 11.4. The second kappa shape index (κ2) is 5.30. The van der Waals surface area contributed by atoms with Crippen molar-refractivity contribution in [1.82, 2.24) is 0 Å². The molecule has 0 aliphatic heterocycles. The number of benzene rings is 3. The molecule has 22 heavy (non-hydrogen) atoms. The SMILES string of the molecule is O=Cc1c(-c2ccccc2)c(C(F)(F)F)cc2ccccc12. The summed E-state index contributed by atoms with van der Waals surface area (Å²) in [6.45, 7) is 0. The summed E-state index contributed by atoms with van der Waals surface area (Å²) in [7, 11) is 0. The van der Waals surface area contributed by atoms with Crippen molar-refractivity contribution in [3.8, 4) is 11.1 Å². The molecule has 0 saturated carbocycles. The van der Waals surface area contributed by atoms with Gasteiger partial charge < -0.3 is 0 Å². The monoisotopic (exact) mass is 300 g/mol. The second-order valence-corrected chi connectivity index (χ2v) is 4.92. The highest BCUT2D eigenvalue weighted by molar-refractivity contribution is 6.05. The quantitative estimate of drug-likeness (QED) is 0.584. The number of fused-ring (bicyclic) bond motifs is 1. The van der Waals surface area contributed by atoms with E-state index in [0.29, 0.717) is 22.6 Å². The van der Waals surface area contributed by atoms with Crippen LogP contribution in [-0.4, -0.2) is 6.29 Å². The predicted molar refractivity (Wildman–Crippen MR) is 79.8 cm³/mol. The lowest BCUT2D eigenvalue weighted by Crippen LogP contribution is -2.09. The topological polar surface area (TPSA) is 17.1 Å². The van der Waals surface area contributed by atoms with E-state index in [4.69, 9.17) is 0 Å². The number of alkyl halides is 3. The molecule has 3 rings (SSSR count). The molecule has 3 aromatic rings. The molecule has 0 N–H and O–H groups in total. The molecule has 0 amide bonds. The van der Waals surface area contributed by atoms with Gasteiger partial charge in [0.05, 0.1) is 5.56 Å². The Labute approximate surface area is 125 Å². The first-order chi connectivity index (χ1) is 10.5. The molecule has 3 aromatic carbocycles. The van der Waals surface area contributed by atoms with Crippen LogP contribution in [0.5, 0.6) is 0 Å². The molecule has 0 aromatic heterocycles. The summed E-state index contributed by atoms with van der Waals surface area (Å²) in [5, 5.41) is 0.918. The van der Waals surface area contributed by atoms with Gasteiger partial charge in [-0.1, -0.05) is 54.6 Å². The van der Waals surface area contributed by atoms with Crippen molar-refractivity contribution in [3.63, 3.8) is 0 Å². The van der Waals surface area contributed by atoms with Crippen LogP contribution < -0.4 is 0 Å². The van der Waals surface area contributed by atoms with Crippen molar-refractivity contribution < 1.29 is 18.0 Å². The first-order valence-electron chi connectivity index (χ1n) is 6.66. The van der Waals surface area contributed by atoms with Crippen LogP contribution in [0.1, 0.15) is 15.9 Å². The van der Waals surface area contributed by atoms with Gasteiger partial charge in [0.1, 0.15) is 0 Å². The third-order valence-corrected chi connectivity index (χ3v) is 3.58. The van der Waals surface area contributed by atoms with Crippen LogP contribution in [0.4, 0.5) is 13.2 Å². The Morgan fingerprint density at radius 1 is 0.864 bits per heavy atom. The zero-order valence-corrected chi connectivity index (χ0v) is 11.4. The van der Waals surface area contributed by atoms with Crippen molar-refractivity contribution in [1.29, 1.82) is 0 Å². The van der Waals surface area contributed by atoms with E-state index in [-0.39, 0.29) is 11.1 Å². The molecule has 0 heterocycles. The molecule has 110 valence electrons. The van der Waals surface area contributed by atoms with E-state index in [1.165, 1.54) is 0 Å². The molecule has 0 unspecified atom stereocenters. The summed E-state index contributed by atoms with van der Waals surface area (Å²) in [4.78, 5) is 11.5. The maximum absolute atomic E-state index is 13.5. The fourth-order valence-corrected chi connectivity index (χ4v) is 2.64. The summed E-state index contributed by atoms with van der Waals surface area (Å²) < 4.78 is 40.4. The van der Waals surface area contributed by atoms with Gasteiger partial charge >= 0.3 is 6.18 Å². The molecule has 4 heteroatoms. The lowest BCUT2D eigenvalue weighted by atomic mass is 9.90. The first kappa shape index (κ1) is 14.3. The Kier molecular flexibility index (Phi) is 3.45. The van der Waals surface area contributed by atoms with Crippen LogP contribution in [0.15, 0.2) is 60.7 Å². The lowest BCUT2D eigenvalue weighted by Gasteiger charge is -2.17. The van der Waals surface area contributed by atoms with Gasteiger partial charge in [0.15, 0.2) is 6.29 Å². The molecule has 0 aliphatic rings. The minimum absolute atomic E-state index is 0.0663. The Morgan fingerprint density at radius 2 is 1.50 bits per heavy atom. The molecule has 0 bridgehead atoms.